The number of carboxylic acid groups (broad SMARTS) is 1. The number of nitrogens with one attached hydrogen (secondary N) is 1. The van der Waals surface area contributed by atoms with Crippen LogP contribution < -0.4 is 0 Å². The van der Waals surface area contributed by atoms with Crippen molar-refractivity contribution in [1.29, 1.82) is 0 Å². The zero-order valence-corrected chi connectivity index (χ0v) is 9.58. The Morgan fingerprint density at radius 2 is 2.33 bits per heavy atom. The third-order valence-electron chi connectivity index (χ3n) is 2.40. The summed E-state index contributed by atoms with van der Waals surface area (Å²) < 4.78 is 0.812. The molecule has 15 heavy (non-hydrogen) atoms. The summed E-state index contributed by atoms with van der Waals surface area (Å²) in [5.74, 6) is -1.34. The predicted octanol–water partition coefficient (Wildman–Crippen LogP) is 2.51. The molecule has 0 saturated heterocycles. The van der Waals surface area contributed by atoms with E-state index in [0.29, 0.717) is 0 Å². The van der Waals surface area contributed by atoms with Crippen molar-refractivity contribution in [3.8, 4) is 0 Å². The third-order valence-corrected chi connectivity index (χ3v) is 3.01. The molecule has 78 valence electrons. The Kier molecular flexibility index (Phi) is 2.48. The molecule has 2 aromatic rings. The van der Waals surface area contributed by atoms with Crippen molar-refractivity contribution in [3.05, 3.63) is 28.4 Å². The zero-order chi connectivity index (χ0) is 11.0. The molecule has 0 aliphatic rings. The van der Waals surface area contributed by atoms with Gasteiger partial charge in [-0.15, -0.1) is 0 Å². The lowest BCUT2D eigenvalue weighted by Gasteiger charge is -2.05. The van der Waals surface area contributed by atoms with Crippen LogP contribution in [0.4, 0.5) is 0 Å². The number of rotatable bonds is 2. The zero-order valence-electron chi connectivity index (χ0n) is 7.99. The van der Waals surface area contributed by atoms with Crippen LogP contribution in [0.5, 0.6) is 0 Å². The molecule has 2 rings (SSSR count). The number of nitrogens with zero attached hydrogens (tertiary/aromatic N) is 1. The molecular weight excluding hydrogens is 260 g/mol. The van der Waals surface area contributed by atoms with Crippen LogP contribution >= 0.6 is 15.9 Å². The van der Waals surface area contributed by atoms with E-state index in [1.54, 1.807) is 19.1 Å². The first-order valence-corrected chi connectivity index (χ1v) is 5.25. The molecule has 0 aliphatic heterocycles. The van der Waals surface area contributed by atoms with Gasteiger partial charge in [0.15, 0.2) is 0 Å². The van der Waals surface area contributed by atoms with Gasteiger partial charge in [0, 0.05) is 5.39 Å². The second kappa shape index (κ2) is 3.66. The first-order chi connectivity index (χ1) is 7.09. The van der Waals surface area contributed by atoms with Crippen molar-refractivity contribution in [2.75, 3.05) is 0 Å². The molecule has 1 heterocycles. The Balaban J connectivity index is 2.52. The lowest BCUT2D eigenvalue weighted by atomic mass is 10.0. The quantitative estimate of drug-likeness (QED) is 0.880. The summed E-state index contributed by atoms with van der Waals surface area (Å²) >= 11 is 3.32. The van der Waals surface area contributed by atoms with Crippen LogP contribution in [0.2, 0.25) is 0 Å². The number of hydrogen-bond donors (Lipinski definition) is 2. The van der Waals surface area contributed by atoms with Gasteiger partial charge in [0.05, 0.1) is 11.4 Å². The van der Waals surface area contributed by atoms with Gasteiger partial charge in [0.2, 0.25) is 0 Å². The van der Waals surface area contributed by atoms with Crippen molar-refractivity contribution in [2.24, 2.45) is 0 Å². The summed E-state index contributed by atoms with van der Waals surface area (Å²) in [5, 5.41) is 16.7. The highest BCUT2D eigenvalue weighted by molar-refractivity contribution is 9.10. The number of aromatic nitrogens is 2. The van der Waals surface area contributed by atoms with Crippen molar-refractivity contribution < 1.29 is 9.90 Å². The van der Waals surface area contributed by atoms with Gasteiger partial charge < -0.3 is 5.11 Å². The number of aliphatic carboxylic acids is 1. The summed E-state index contributed by atoms with van der Waals surface area (Å²) in [5.41, 5.74) is 1.53. The summed E-state index contributed by atoms with van der Waals surface area (Å²) in [6.45, 7) is 1.66. The van der Waals surface area contributed by atoms with Gasteiger partial charge in [-0.3, -0.25) is 9.89 Å². The number of carbonyl (C=O) groups is 1. The maximum atomic E-state index is 10.8. The van der Waals surface area contributed by atoms with E-state index in [-0.39, 0.29) is 0 Å². The molecule has 1 aromatic heterocycles. The van der Waals surface area contributed by atoms with E-state index in [1.165, 1.54) is 0 Å². The fourth-order valence-electron chi connectivity index (χ4n) is 1.41. The van der Waals surface area contributed by atoms with Crippen LogP contribution in [0, 0.1) is 0 Å². The molecule has 0 bridgehead atoms. The standard InChI is InChI=1S/C10H9BrN2O2/c1-5(10(14)15)6-2-3-7-8(4-6)12-13-9(7)11/h2-5H,1H3,(H,12,13)(H,14,15). The van der Waals surface area contributed by atoms with E-state index in [9.17, 15) is 4.79 Å². The van der Waals surface area contributed by atoms with Crippen LogP contribution in [0.15, 0.2) is 22.8 Å². The van der Waals surface area contributed by atoms with Gasteiger partial charge in [-0.05, 0) is 40.5 Å². The van der Waals surface area contributed by atoms with E-state index in [1.807, 2.05) is 6.07 Å². The Morgan fingerprint density at radius 3 is 3.00 bits per heavy atom. The average Bonchev–Trinajstić information content (AvgIpc) is 2.59. The summed E-state index contributed by atoms with van der Waals surface area (Å²) in [6.07, 6.45) is 0. The molecule has 5 heteroatoms. The van der Waals surface area contributed by atoms with Crippen LogP contribution in [0.25, 0.3) is 10.9 Å². The molecule has 0 radical (unpaired) electrons. The predicted molar refractivity (Wildman–Crippen MR) is 59.8 cm³/mol. The van der Waals surface area contributed by atoms with Crippen molar-refractivity contribution in [3.63, 3.8) is 0 Å². The molecular formula is C10H9BrN2O2. The number of benzene rings is 1. The number of aromatic amines is 1. The van der Waals surface area contributed by atoms with Gasteiger partial charge in [-0.25, -0.2) is 0 Å². The molecule has 0 amide bonds. The Hall–Kier alpha value is -1.36. The molecule has 0 fully saturated rings. The SMILES string of the molecule is CC(C(=O)O)c1ccc2c(Br)[nH]nc2c1. The summed E-state index contributed by atoms with van der Waals surface area (Å²) in [7, 11) is 0. The minimum absolute atomic E-state index is 0.509. The molecule has 2 N–H and O–H groups in total. The molecule has 0 aliphatic carbocycles. The number of fused-ring (bicyclic) bond motifs is 1. The molecule has 1 unspecified atom stereocenters. The fraction of sp³-hybridized carbons (Fsp3) is 0.200. The Morgan fingerprint density at radius 1 is 1.60 bits per heavy atom. The smallest absolute Gasteiger partial charge is 0.310 e. The van der Waals surface area contributed by atoms with Crippen LogP contribution in [-0.4, -0.2) is 21.3 Å². The van der Waals surface area contributed by atoms with E-state index >= 15 is 0 Å². The van der Waals surface area contributed by atoms with Gasteiger partial charge in [-0.2, -0.15) is 5.10 Å². The molecule has 0 spiro atoms. The van der Waals surface area contributed by atoms with Crippen molar-refractivity contribution in [1.82, 2.24) is 10.2 Å². The van der Waals surface area contributed by atoms with Crippen LogP contribution in [-0.2, 0) is 4.79 Å². The monoisotopic (exact) mass is 268 g/mol. The van der Waals surface area contributed by atoms with E-state index in [2.05, 4.69) is 26.1 Å². The van der Waals surface area contributed by atoms with E-state index in [0.717, 1.165) is 21.1 Å². The summed E-state index contributed by atoms with van der Waals surface area (Å²) in [4.78, 5) is 10.8. The maximum absolute atomic E-state index is 10.8. The average molecular weight is 269 g/mol. The Labute approximate surface area is 94.4 Å². The lowest BCUT2D eigenvalue weighted by molar-refractivity contribution is -0.138. The maximum Gasteiger partial charge on any atom is 0.310 e. The van der Waals surface area contributed by atoms with Gasteiger partial charge in [0.1, 0.15) is 4.60 Å². The van der Waals surface area contributed by atoms with Gasteiger partial charge >= 0.3 is 5.97 Å². The number of H-pyrrole nitrogens is 1. The largest absolute Gasteiger partial charge is 0.481 e. The minimum Gasteiger partial charge on any atom is -0.481 e. The van der Waals surface area contributed by atoms with E-state index in [4.69, 9.17) is 5.11 Å². The van der Waals surface area contributed by atoms with Crippen molar-refractivity contribution in [2.45, 2.75) is 12.8 Å². The topological polar surface area (TPSA) is 66.0 Å². The molecule has 1 atom stereocenters. The third kappa shape index (κ3) is 1.74. The minimum atomic E-state index is -0.830. The highest BCUT2D eigenvalue weighted by Crippen LogP contribution is 2.25. The molecule has 0 saturated carbocycles. The number of halogens is 1. The number of hydrogen-bond acceptors (Lipinski definition) is 2. The van der Waals surface area contributed by atoms with Gasteiger partial charge in [0.25, 0.3) is 0 Å². The first kappa shape index (κ1) is 10.2. The normalized spacial score (nSPS) is 12.9. The fourth-order valence-corrected chi connectivity index (χ4v) is 1.83. The second-order valence-corrected chi connectivity index (χ2v) is 4.17. The summed E-state index contributed by atoms with van der Waals surface area (Å²) in [6, 6.07) is 5.45. The van der Waals surface area contributed by atoms with Crippen LogP contribution in [0.1, 0.15) is 18.4 Å². The highest BCUT2D eigenvalue weighted by Gasteiger charge is 2.14. The lowest BCUT2D eigenvalue weighted by Crippen LogP contribution is -2.06. The van der Waals surface area contributed by atoms with Crippen LogP contribution in [0.3, 0.4) is 0 Å². The second-order valence-electron chi connectivity index (χ2n) is 3.37. The molecule has 1 aromatic carbocycles. The van der Waals surface area contributed by atoms with E-state index < -0.39 is 11.9 Å². The van der Waals surface area contributed by atoms with Crippen molar-refractivity contribution >= 4 is 32.8 Å². The Bertz CT molecular complexity index is 521. The highest BCUT2D eigenvalue weighted by atomic mass is 79.9. The van der Waals surface area contributed by atoms with Gasteiger partial charge in [-0.1, -0.05) is 6.07 Å². The molecule has 4 nitrogen and oxygen atoms in total. The number of carboxylic acids is 1. The first-order valence-electron chi connectivity index (χ1n) is 4.46.